The molecule has 72 valence electrons. The third kappa shape index (κ3) is 2.75. The van der Waals surface area contributed by atoms with E-state index in [-0.39, 0.29) is 6.29 Å². The Morgan fingerprint density at radius 2 is 1.67 bits per heavy atom. The predicted octanol–water partition coefficient (Wildman–Crippen LogP) is 2.41. The van der Waals surface area contributed by atoms with Crippen LogP contribution in [0.3, 0.4) is 0 Å². The first-order valence-corrected chi connectivity index (χ1v) is 3.10. The van der Waals surface area contributed by atoms with Crippen LogP contribution in [-0.4, -0.2) is 18.4 Å². The molecule has 1 atom stereocenters. The van der Waals surface area contributed by atoms with E-state index >= 15 is 0 Å². The lowest BCUT2D eigenvalue weighted by atomic mass is 10.0. The number of carbonyl (C=O) groups excluding carboxylic acids is 1. The quantitative estimate of drug-likeness (QED) is 0.493. The molecule has 0 aliphatic carbocycles. The van der Waals surface area contributed by atoms with Gasteiger partial charge < -0.3 is 4.79 Å². The van der Waals surface area contributed by atoms with Crippen LogP contribution in [-0.2, 0) is 4.79 Å². The van der Waals surface area contributed by atoms with Gasteiger partial charge in [0, 0.05) is 12.3 Å². The summed E-state index contributed by atoms with van der Waals surface area (Å²) in [6.45, 7) is 1.01. The molecule has 0 rings (SSSR count). The Bertz CT molecular complexity index is 162. The third-order valence-corrected chi connectivity index (χ3v) is 1.23. The summed E-state index contributed by atoms with van der Waals surface area (Å²) >= 11 is 0. The zero-order chi connectivity index (χ0) is 9.99. The summed E-state index contributed by atoms with van der Waals surface area (Å²) in [5.74, 6) is -6.06. The Kier molecular flexibility index (Phi) is 3.17. The summed E-state index contributed by atoms with van der Waals surface area (Å²) in [5.41, 5.74) is 0. The molecule has 0 aliphatic heterocycles. The lowest BCUT2D eigenvalue weighted by Crippen LogP contribution is -2.38. The lowest BCUT2D eigenvalue weighted by molar-refractivity contribution is -0.286. The summed E-state index contributed by atoms with van der Waals surface area (Å²) in [6, 6.07) is 0. The summed E-state index contributed by atoms with van der Waals surface area (Å²) in [5, 5.41) is 0. The second-order valence-corrected chi connectivity index (χ2v) is 2.52. The molecule has 0 fully saturated rings. The van der Waals surface area contributed by atoms with E-state index in [1.165, 1.54) is 0 Å². The molecular weight excluding hydrogens is 183 g/mol. The molecule has 0 saturated carbocycles. The van der Waals surface area contributed by atoms with E-state index in [1.807, 2.05) is 0 Å². The molecule has 0 saturated heterocycles. The second kappa shape index (κ2) is 3.37. The van der Waals surface area contributed by atoms with E-state index < -0.39 is 24.4 Å². The van der Waals surface area contributed by atoms with Gasteiger partial charge in [0.25, 0.3) is 0 Å². The molecule has 0 bridgehead atoms. The Morgan fingerprint density at radius 3 is 1.92 bits per heavy atom. The van der Waals surface area contributed by atoms with Crippen molar-refractivity contribution in [1.29, 1.82) is 0 Å². The Morgan fingerprint density at radius 1 is 1.25 bits per heavy atom. The molecule has 0 radical (unpaired) electrons. The van der Waals surface area contributed by atoms with Crippen molar-refractivity contribution in [1.82, 2.24) is 0 Å². The maximum atomic E-state index is 12.1. The maximum absolute atomic E-state index is 12.1. The SMILES string of the molecule is CC(C=O)CC(F)(F)C(F)(F)F. The van der Waals surface area contributed by atoms with E-state index in [0.717, 1.165) is 6.92 Å². The van der Waals surface area contributed by atoms with Gasteiger partial charge in [-0.15, -0.1) is 0 Å². The van der Waals surface area contributed by atoms with E-state index in [0.29, 0.717) is 0 Å². The van der Waals surface area contributed by atoms with Crippen LogP contribution < -0.4 is 0 Å². The summed E-state index contributed by atoms with van der Waals surface area (Å²) in [6.07, 6.45) is -6.98. The van der Waals surface area contributed by atoms with Gasteiger partial charge in [-0.3, -0.25) is 0 Å². The van der Waals surface area contributed by atoms with Crippen molar-refractivity contribution >= 4 is 6.29 Å². The molecule has 0 aliphatic rings. The first-order valence-electron chi connectivity index (χ1n) is 3.10. The van der Waals surface area contributed by atoms with E-state index in [2.05, 4.69) is 0 Å². The topological polar surface area (TPSA) is 17.1 Å². The van der Waals surface area contributed by atoms with E-state index in [9.17, 15) is 26.7 Å². The van der Waals surface area contributed by atoms with Gasteiger partial charge in [0.05, 0.1) is 0 Å². The smallest absolute Gasteiger partial charge is 0.303 e. The summed E-state index contributed by atoms with van der Waals surface area (Å²) in [4.78, 5) is 9.81. The largest absolute Gasteiger partial charge is 0.453 e. The Balaban J connectivity index is 4.32. The molecule has 1 unspecified atom stereocenters. The highest BCUT2D eigenvalue weighted by Gasteiger charge is 2.57. The normalized spacial score (nSPS) is 15.8. The van der Waals surface area contributed by atoms with Crippen molar-refractivity contribution in [2.75, 3.05) is 0 Å². The second-order valence-electron chi connectivity index (χ2n) is 2.52. The number of halogens is 5. The van der Waals surface area contributed by atoms with Crippen LogP contribution in [0.25, 0.3) is 0 Å². The molecule has 6 heteroatoms. The zero-order valence-corrected chi connectivity index (χ0v) is 6.16. The molecule has 0 aromatic carbocycles. The molecular formula is C6H7F5O. The molecule has 0 spiro atoms. The maximum Gasteiger partial charge on any atom is 0.453 e. The van der Waals surface area contributed by atoms with Gasteiger partial charge in [-0.25, -0.2) is 0 Å². The fraction of sp³-hybridized carbons (Fsp3) is 0.833. The van der Waals surface area contributed by atoms with Crippen molar-refractivity contribution in [3.63, 3.8) is 0 Å². The van der Waals surface area contributed by atoms with Crippen LogP contribution >= 0.6 is 0 Å². The highest BCUT2D eigenvalue weighted by molar-refractivity contribution is 5.52. The number of rotatable bonds is 3. The van der Waals surface area contributed by atoms with E-state index in [1.54, 1.807) is 0 Å². The number of carbonyl (C=O) groups is 1. The number of hydrogen-bond acceptors (Lipinski definition) is 1. The number of aldehydes is 1. The van der Waals surface area contributed by atoms with Crippen molar-refractivity contribution in [3.8, 4) is 0 Å². The van der Waals surface area contributed by atoms with Crippen LogP contribution in [0.2, 0.25) is 0 Å². The highest BCUT2D eigenvalue weighted by Crippen LogP contribution is 2.39. The molecule has 1 nitrogen and oxygen atoms in total. The Labute approximate surface area is 65.6 Å². The van der Waals surface area contributed by atoms with Gasteiger partial charge in [0.2, 0.25) is 0 Å². The fourth-order valence-corrected chi connectivity index (χ4v) is 0.568. The van der Waals surface area contributed by atoms with Crippen molar-refractivity contribution < 1.29 is 26.7 Å². The molecule has 0 N–H and O–H groups in total. The highest BCUT2D eigenvalue weighted by atomic mass is 19.4. The van der Waals surface area contributed by atoms with Crippen LogP contribution in [0.1, 0.15) is 13.3 Å². The van der Waals surface area contributed by atoms with Gasteiger partial charge in [-0.1, -0.05) is 6.92 Å². The van der Waals surface area contributed by atoms with Gasteiger partial charge >= 0.3 is 12.1 Å². The monoisotopic (exact) mass is 190 g/mol. The van der Waals surface area contributed by atoms with E-state index in [4.69, 9.17) is 0 Å². The number of hydrogen-bond donors (Lipinski definition) is 0. The molecule has 12 heavy (non-hydrogen) atoms. The van der Waals surface area contributed by atoms with Crippen LogP contribution in [0.15, 0.2) is 0 Å². The molecule has 0 aromatic rings. The van der Waals surface area contributed by atoms with Gasteiger partial charge in [-0.2, -0.15) is 22.0 Å². The van der Waals surface area contributed by atoms with Gasteiger partial charge in [-0.05, 0) is 0 Å². The lowest BCUT2D eigenvalue weighted by Gasteiger charge is -2.20. The standard InChI is InChI=1S/C6H7F5O/c1-4(3-12)2-5(7,8)6(9,10)11/h3-4H,2H2,1H3. The van der Waals surface area contributed by atoms with Crippen molar-refractivity contribution in [2.24, 2.45) is 5.92 Å². The summed E-state index contributed by atoms with van der Waals surface area (Å²) < 4.78 is 58.6. The number of alkyl halides is 5. The van der Waals surface area contributed by atoms with Crippen LogP contribution in [0.4, 0.5) is 22.0 Å². The fourth-order valence-electron chi connectivity index (χ4n) is 0.568. The minimum absolute atomic E-state index is 0.0691. The predicted molar refractivity (Wildman–Crippen MR) is 30.8 cm³/mol. The summed E-state index contributed by atoms with van der Waals surface area (Å²) in [7, 11) is 0. The zero-order valence-electron chi connectivity index (χ0n) is 6.16. The first-order chi connectivity index (χ1) is 5.20. The average Bonchev–Trinajstić information content (AvgIpc) is 1.84. The molecule has 0 aromatic heterocycles. The molecule has 0 amide bonds. The average molecular weight is 190 g/mol. The third-order valence-electron chi connectivity index (χ3n) is 1.23. The van der Waals surface area contributed by atoms with Crippen molar-refractivity contribution in [3.05, 3.63) is 0 Å². The van der Waals surface area contributed by atoms with Crippen LogP contribution in [0, 0.1) is 5.92 Å². The van der Waals surface area contributed by atoms with Crippen LogP contribution in [0.5, 0.6) is 0 Å². The van der Waals surface area contributed by atoms with Gasteiger partial charge in [0.1, 0.15) is 6.29 Å². The minimum Gasteiger partial charge on any atom is -0.303 e. The van der Waals surface area contributed by atoms with Crippen molar-refractivity contribution in [2.45, 2.75) is 25.4 Å². The van der Waals surface area contributed by atoms with Gasteiger partial charge in [0.15, 0.2) is 0 Å². The first kappa shape index (κ1) is 11.3. The minimum atomic E-state index is -5.57. The molecule has 0 heterocycles. The Hall–Kier alpha value is -0.680.